The summed E-state index contributed by atoms with van der Waals surface area (Å²) in [6.45, 7) is 2.47. The van der Waals surface area contributed by atoms with Crippen molar-refractivity contribution in [2.45, 2.75) is 13.3 Å². The lowest BCUT2D eigenvalue weighted by molar-refractivity contribution is 0.0600. The van der Waals surface area contributed by atoms with Gasteiger partial charge in [-0.15, -0.1) is 0 Å². The fourth-order valence-corrected chi connectivity index (χ4v) is 1.28. The fourth-order valence-electron chi connectivity index (χ4n) is 1.28. The summed E-state index contributed by atoms with van der Waals surface area (Å²) in [6, 6.07) is 5.46. The van der Waals surface area contributed by atoms with Gasteiger partial charge in [0.05, 0.1) is 12.7 Å². The van der Waals surface area contributed by atoms with Crippen LogP contribution in [0.2, 0.25) is 0 Å². The van der Waals surface area contributed by atoms with E-state index in [0.29, 0.717) is 24.1 Å². The highest BCUT2D eigenvalue weighted by Crippen LogP contribution is 2.11. The topological polar surface area (TPSA) is 52.3 Å². The van der Waals surface area contributed by atoms with Crippen LogP contribution in [0.4, 0.5) is 0 Å². The van der Waals surface area contributed by atoms with Crippen molar-refractivity contribution in [3.05, 3.63) is 34.9 Å². The molecule has 0 bridgehead atoms. The Morgan fingerprint density at radius 1 is 1.50 bits per heavy atom. The maximum Gasteiger partial charge on any atom is 0.339 e. The number of methoxy groups -OCH3 is 1. The van der Waals surface area contributed by atoms with Gasteiger partial charge in [-0.25, -0.2) is 4.79 Å². The Balaban J connectivity index is 3.09. The Morgan fingerprint density at radius 3 is 2.88 bits per heavy atom. The Labute approximate surface area is 95.6 Å². The van der Waals surface area contributed by atoms with Crippen molar-refractivity contribution in [1.29, 1.82) is 0 Å². The van der Waals surface area contributed by atoms with Crippen LogP contribution in [-0.4, -0.2) is 19.6 Å². The summed E-state index contributed by atoms with van der Waals surface area (Å²) in [5.74, 6) is 5.49. The van der Waals surface area contributed by atoms with Crippen molar-refractivity contribution in [2.75, 3.05) is 13.7 Å². The summed E-state index contributed by atoms with van der Waals surface area (Å²) < 4.78 is 4.69. The molecule has 1 rings (SSSR count). The zero-order chi connectivity index (χ0) is 12.0. The molecule has 0 aliphatic rings. The van der Waals surface area contributed by atoms with Crippen molar-refractivity contribution < 1.29 is 9.53 Å². The third-order valence-corrected chi connectivity index (χ3v) is 2.07. The number of hydrogen-bond donors (Lipinski definition) is 1. The quantitative estimate of drug-likeness (QED) is 0.603. The van der Waals surface area contributed by atoms with Crippen LogP contribution < -0.4 is 5.73 Å². The van der Waals surface area contributed by atoms with Gasteiger partial charge in [-0.05, 0) is 24.6 Å². The van der Waals surface area contributed by atoms with Crippen LogP contribution in [0, 0.1) is 18.8 Å². The number of ether oxygens (including phenoxy) is 1. The third kappa shape index (κ3) is 3.11. The number of benzene rings is 1. The second-order valence-corrected chi connectivity index (χ2v) is 3.38. The average Bonchev–Trinajstić information content (AvgIpc) is 2.29. The molecule has 16 heavy (non-hydrogen) atoms. The highest BCUT2D eigenvalue weighted by molar-refractivity contribution is 5.92. The normalized spacial score (nSPS) is 9.19. The van der Waals surface area contributed by atoms with E-state index < -0.39 is 0 Å². The molecule has 2 N–H and O–H groups in total. The molecular weight excluding hydrogens is 202 g/mol. The van der Waals surface area contributed by atoms with Gasteiger partial charge in [0.1, 0.15) is 0 Å². The number of carbonyl (C=O) groups excluding carboxylic acids is 1. The van der Waals surface area contributed by atoms with E-state index in [1.807, 2.05) is 19.1 Å². The molecule has 0 unspecified atom stereocenters. The van der Waals surface area contributed by atoms with Gasteiger partial charge in [-0.1, -0.05) is 17.9 Å². The van der Waals surface area contributed by atoms with Gasteiger partial charge in [0, 0.05) is 18.5 Å². The zero-order valence-electron chi connectivity index (χ0n) is 9.54. The van der Waals surface area contributed by atoms with Crippen molar-refractivity contribution in [1.82, 2.24) is 0 Å². The summed E-state index contributed by atoms with van der Waals surface area (Å²) in [5.41, 5.74) is 7.60. The summed E-state index contributed by atoms with van der Waals surface area (Å²) in [5, 5.41) is 0. The van der Waals surface area contributed by atoms with E-state index in [0.717, 1.165) is 5.56 Å². The van der Waals surface area contributed by atoms with Gasteiger partial charge < -0.3 is 10.5 Å². The van der Waals surface area contributed by atoms with Crippen molar-refractivity contribution in [3.8, 4) is 11.8 Å². The maximum atomic E-state index is 11.5. The highest BCUT2D eigenvalue weighted by atomic mass is 16.5. The van der Waals surface area contributed by atoms with Gasteiger partial charge in [0.15, 0.2) is 0 Å². The molecule has 1 aromatic carbocycles. The lowest BCUT2D eigenvalue weighted by Crippen LogP contribution is -2.04. The molecule has 0 atom stereocenters. The lowest BCUT2D eigenvalue weighted by atomic mass is 10.0. The third-order valence-electron chi connectivity index (χ3n) is 2.07. The van der Waals surface area contributed by atoms with E-state index in [2.05, 4.69) is 11.8 Å². The van der Waals surface area contributed by atoms with E-state index in [1.54, 1.807) is 6.07 Å². The molecule has 0 heterocycles. The number of rotatable bonds is 2. The van der Waals surface area contributed by atoms with Gasteiger partial charge in [-0.2, -0.15) is 0 Å². The van der Waals surface area contributed by atoms with Crippen LogP contribution in [0.25, 0.3) is 0 Å². The minimum atomic E-state index is -0.364. The summed E-state index contributed by atoms with van der Waals surface area (Å²) >= 11 is 0. The SMILES string of the molecule is COC(=O)c1ccc(C)cc1C#CCCN. The number of carbonyl (C=O) groups is 1. The first-order valence-corrected chi connectivity index (χ1v) is 5.07. The molecule has 0 aliphatic heterocycles. The van der Waals surface area contributed by atoms with E-state index in [4.69, 9.17) is 10.5 Å². The van der Waals surface area contributed by atoms with Crippen molar-refractivity contribution in [2.24, 2.45) is 5.73 Å². The molecule has 0 saturated heterocycles. The molecule has 0 aromatic heterocycles. The van der Waals surface area contributed by atoms with Gasteiger partial charge in [0.2, 0.25) is 0 Å². The Bertz CT molecular complexity index is 441. The monoisotopic (exact) mass is 217 g/mol. The van der Waals surface area contributed by atoms with Crippen LogP contribution in [0.3, 0.4) is 0 Å². The predicted octanol–water partition coefficient (Wildman–Crippen LogP) is 1.48. The Morgan fingerprint density at radius 2 is 2.25 bits per heavy atom. The summed E-state index contributed by atoms with van der Waals surface area (Å²) in [4.78, 5) is 11.5. The van der Waals surface area contributed by atoms with E-state index >= 15 is 0 Å². The van der Waals surface area contributed by atoms with E-state index in [1.165, 1.54) is 7.11 Å². The lowest BCUT2D eigenvalue weighted by Gasteiger charge is -2.03. The largest absolute Gasteiger partial charge is 0.465 e. The second kappa shape index (κ2) is 5.94. The minimum Gasteiger partial charge on any atom is -0.465 e. The predicted molar refractivity (Wildman–Crippen MR) is 63.1 cm³/mol. The molecule has 3 nitrogen and oxygen atoms in total. The van der Waals surface area contributed by atoms with Crippen molar-refractivity contribution >= 4 is 5.97 Å². The van der Waals surface area contributed by atoms with Crippen LogP contribution in [0.15, 0.2) is 18.2 Å². The standard InChI is InChI=1S/C13H15NO2/c1-10-6-7-12(13(15)16-2)11(9-10)5-3-4-8-14/h6-7,9H,4,8,14H2,1-2H3. The first-order valence-electron chi connectivity index (χ1n) is 5.07. The zero-order valence-corrected chi connectivity index (χ0v) is 9.54. The molecule has 0 fully saturated rings. The summed E-state index contributed by atoms with van der Waals surface area (Å²) in [7, 11) is 1.36. The molecule has 0 radical (unpaired) electrons. The van der Waals surface area contributed by atoms with Crippen LogP contribution in [-0.2, 0) is 4.74 Å². The Hall–Kier alpha value is -1.79. The number of nitrogens with two attached hydrogens (primary N) is 1. The first-order chi connectivity index (χ1) is 7.69. The summed E-state index contributed by atoms with van der Waals surface area (Å²) in [6.07, 6.45) is 0.620. The van der Waals surface area contributed by atoms with Crippen molar-refractivity contribution in [3.63, 3.8) is 0 Å². The Kier molecular flexibility index (Phi) is 4.56. The van der Waals surface area contributed by atoms with Crippen LogP contribution in [0.5, 0.6) is 0 Å². The van der Waals surface area contributed by atoms with Gasteiger partial charge in [-0.3, -0.25) is 0 Å². The van der Waals surface area contributed by atoms with E-state index in [9.17, 15) is 4.79 Å². The number of aryl methyl sites for hydroxylation is 1. The molecule has 0 spiro atoms. The van der Waals surface area contributed by atoms with Gasteiger partial charge in [0.25, 0.3) is 0 Å². The minimum absolute atomic E-state index is 0.364. The smallest absolute Gasteiger partial charge is 0.339 e. The molecule has 1 aromatic rings. The molecule has 0 amide bonds. The maximum absolute atomic E-state index is 11.5. The van der Waals surface area contributed by atoms with Gasteiger partial charge >= 0.3 is 5.97 Å². The van der Waals surface area contributed by atoms with Crippen LogP contribution >= 0.6 is 0 Å². The molecule has 84 valence electrons. The number of esters is 1. The molecule has 0 saturated carbocycles. The first kappa shape index (κ1) is 12.3. The van der Waals surface area contributed by atoms with E-state index in [-0.39, 0.29) is 5.97 Å². The molecular formula is C13H15NO2. The van der Waals surface area contributed by atoms with Crippen LogP contribution in [0.1, 0.15) is 27.9 Å². The molecule has 0 aliphatic carbocycles. The fraction of sp³-hybridized carbons (Fsp3) is 0.308. The average molecular weight is 217 g/mol. The second-order valence-electron chi connectivity index (χ2n) is 3.38. The highest BCUT2D eigenvalue weighted by Gasteiger charge is 2.09. The number of hydrogen-bond acceptors (Lipinski definition) is 3. The molecule has 3 heteroatoms.